The molecule has 2 aromatic rings. The number of rotatable bonds is 4. The fourth-order valence-corrected chi connectivity index (χ4v) is 2.68. The fourth-order valence-electron chi connectivity index (χ4n) is 1.65. The average molecular weight is 247 g/mol. The Labute approximate surface area is 104 Å². The molecule has 0 spiro atoms. The normalized spacial score (nSPS) is 10.4. The van der Waals surface area contributed by atoms with Gasteiger partial charge in [-0.25, -0.2) is 9.78 Å². The Balaban J connectivity index is 2.26. The zero-order valence-electron chi connectivity index (χ0n) is 9.51. The van der Waals surface area contributed by atoms with Crippen molar-refractivity contribution < 1.29 is 9.90 Å². The molecule has 17 heavy (non-hydrogen) atoms. The van der Waals surface area contributed by atoms with E-state index in [4.69, 9.17) is 5.11 Å². The maximum Gasteiger partial charge on any atom is 0.347 e. The number of hydrogen-bond donors (Lipinski definition) is 1. The molecule has 0 saturated heterocycles. The third-order valence-electron chi connectivity index (χ3n) is 2.47. The minimum atomic E-state index is -0.876. The molecule has 1 heterocycles. The van der Waals surface area contributed by atoms with Crippen LogP contribution >= 0.6 is 11.3 Å². The highest BCUT2D eigenvalue weighted by Crippen LogP contribution is 2.21. The SMILES string of the molecule is CCc1nc(Cc2ccccc2)sc1C(=O)O. The van der Waals surface area contributed by atoms with E-state index >= 15 is 0 Å². The summed E-state index contributed by atoms with van der Waals surface area (Å²) >= 11 is 1.28. The molecular formula is C13H13NO2S. The molecule has 0 aliphatic carbocycles. The molecule has 0 aliphatic heterocycles. The Morgan fingerprint density at radius 1 is 1.35 bits per heavy atom. The molecule has 1 N–H and O–H groups in total. The van der Waals surface area contributed by atoms with Gasteiger partial charge in [0.15, 0.2) is 0 Å². The van der Waals surface area contributed by atoms with Crippen molar-refractivity contribution in [3.63, 3.8) is 0 Å². The van der Waals surface area contributed by atoms with Crippen LogP contribution in [-0.2, 0) is 12.8 Å². The molecule has 0 fully saturated rings. The summed E-state index contributed by atoms with van der Waals surface area (Å²) in [5, 5.41) is 9.91. The molecule has 4 heteroatoms. The van der Waals surface area contributed by atoms with Gasteiger partial charge in [0.2, 0.25) is 0 Å². The lowest BCUT2D eigenvalue weighted by Crippen LogP contribution is -1.97. The Hall–Kier alpha value is -1.68. The molecule has 3 nitrogen and oxygen atoms in total. The number of carboxylic acid groups (broad SMARTS) is 1. The minimum Gasteiger partial charge on any atom is -0.477 e. The van der Waals surface area contributed by atoms with Crippen LogP contribution in [0.3, 0.4) is 0 Å². The van der Waals surface area contributed by atoms with Crippen LogP contribution in [-0.4, -0.2) is 16.1 Å². The van der Waals surface area contributed by atoms with Crippen LogP contribution in [0.4, 0.5) is 0 Å². The summed E-state index contributed by atoms with van der Waals surface area (Å²) in [6.07, 6.45) is 1.36. The van der Waals surface area contributed by atoms with Gasteiger partial charge in [-0.15, -0.1) is 11.3 Å². The first-order valence-corrected chi connectivity index (χ1v) is 6.28. The van der Waals surface area contributed by atoms with Crippen LogP contribution in [0.2, 0.25) is 0 Å². The highest BCUT2D eigenvalue weighted by Gasteiger charge is 2.15. The van der Waals surface area contributed by atoms with Crippen molar-refractivity contribution in [2.45, 2.75) is 19.8 Å². The number of hydrogen-bond acceptors (Lipinski definition) is 3. The lowest BCUT2D eigenvalue weighted by Gasteiger charge is -1.95. The van der Waals surface area contributed by atoms with Gasteiger partial charge in [0.1, 0.15) is 4.88 Å². The van der Waals surface area contributed by atoms with Crippen molar-refractivity contribution in [1.82, 2.24) is 4.98 Å². The molecule has 2 rings (SSSR count). The van der Waals surface area contributed by atoms with Crippen molar-refractivity contribution in [2.24, 2.45) is 0 Å². The van der Waals surface area contributed by atoms with Gasteiger partial charge in [-0.05, 0) is 12.0 Å². The molecule has 0 saturated carbocycles. The average Bonchev–Trinajstić information content (AvgIpc) is 2.73. The second-order valence-corrected chi connectivity index (χ2v) is 4.79. The molecule has 1 aromatic carbocycles. The van der Waals surface area contributed by atoms with Crippen molar-refractivity contribution >= 4 is 17.3 Å². The van der Waals surface area contributed by atoms with Crippen molar-refractivity contribution in [1.29, 1.82) is 0 Å². The predicted octanol–water partition coefficient (Wildman–Crippen LogP) is 2.99. The molecule has 0 amide bonds. The first-order chi connectivity index (χ1) is 8.20. The largest absolute Gasteiger partial charge is 0.477 e. The van der Waals surface area contributed by atoms with Gasteiger partial charge in [0.25, 0.3) is 0 Å². The molecule has 88 valence electrons. The summed E-state index contributed by atoms with van der Waals surface area (Å²) in [6, 6.07) is 9.95. The quantitative estimate of drug-likeness (QED) is 0.903. The number of aromatic carboxylic acids is 1. The zero-order chi connectivity index (χ0) is 12.3. The van der Waals surface area contributed by atoms with E-state index in [9.17, 15) is 4.79 Å². The lowest BCUT2D eigenvalue weighted by molar-refractivity contribution is 0.0701. The van der Waals surface area contributed by atoms with Crippen LogP contribution < -0.4 is 0 Å². The van der Waals surface area contributed by atoms with E-state index in [0.717, 1.165) is 10.6 Å². The first-order valence-electron chi connectivity index (χ1n) is 5.46. The van der Waals surface area contributed by atoms with Gasteiger partial charge in [-0.1, -0.05) is 37.3 Å². The molecule has 0 unspecified atom stereocenters. The van der Waals surface area contributed by atoms with Crippen molar-refractivity contribution in [2.75, 3.05) is 0 Å². The van der Waals surface area contributed by atoms with Gasteiger partial charge in [0, 0.05) is 6.42 Å². The summed E-state index contributed by atoms with van der Waals surface area (Å²) in [6.45, 7) is 1.92. The Morgan fingerprint density at radius 3 is 2.59 bits per heavy atom. The number of benzene rings is 1. The first kappa shape index (κ1) is 11.8. The van der Waals surface area contributed by atoms with Gasteiger partial charge in [-0.3, -0.25) is 0 Å². The summed E-state index contributed by atoms with van der Waals surface area (Å²) in [5.41, 5.74) is 1.84. The van der Waals surface area contributed by atoms with Gasteiger partial charge < -0.3 is 5.11 Å². The summed E-state index contributed by atoms with van der Waals surface area (Å²) in [4.78, 5) is 15.8. The number of thiazole rings is 1. The van der Waals surface area contributed by atoms with Gasteiger partial charge in [-0.2, -0.15) is 0 Å². The maximum atomic E-state index is 11.0. The third-order valence-corrected chi connectivity index (χ3v) is 3.55. The predicted molar refractivity (Wildman–Crippen MR) is 67.7 cm³/mol. The van der Waals surface area contributed by atoms with E-state index in [0.29, 0.717) is 23.4 Å². The molecule has 0 radical (unpaired) electrons. The maximum absolute atomic E-state index is 11.0. The van der Waals surface area contributed by atoms with Crippen LogP contribution in [0.15, 0.2) is 30.3 Å². The minimum absolute atomic E-state index is 0.374. The Morgan fingerprint density at radius 2 is 2.06 bits per heavy atom. The van der Waals surface area contributed by atoms with E-state index in [1.807, 2.05) is 37.3 Å². The fraction of sp³-hybridized carbons (Fsp3) is 0.231. The Kier molecular flexibility index (Phi) is 3.54. The smallest absolute Gasteiger partial charge is 0.347 e. The van der Waals surface area contributed by atoms with Crippen LogP contribution in [0.1, 0.15) is 32.9 Å². The molecule has 0 atom stereocenters. The number of carbonyl (C=O) groups is 1. The van der Waals surface area contributed by atoms with Crippen LogP contribution in [0, 0.1) is 0 Å². The van der Waals surface area contributed by atoms with Gasteiger partial charge >= 0.3 is 5.97 Å². The van der Waals surface area contributed by atoms with Gasteiger partial charge in [0.05, 0.1) is 10.7 Å². The number of carboxylic acids is 1. The topological polar surface area (TPSA) is 50.2 Å². The number of aromatic nitrogens is 1. The monoisotopic (exact) mass is 247 g/mol. The van der Waals surface area contributed by atoms with Crippen molar-refractivity contribution in [3.05, 3.63) is 51.5 Å². The molecule has 0 aliphatic rings. The van der Waals surface area contributed by atoms with Crippen LogP contribution in [0.5, 0.6) is 0 Å². The molecule has 0 bridgehead atoms. The van der Waals surface area contributed by atoms with E-state index < -0.39 is 5.97 Å². The van der Waals surface area contributed by atoms with E-state index in [1.165, 1.54) is 11.3 Å². The summed E-state index contributed by atoms with van der Waals surface area (Å²) in [7, 11) is 0. The third kappa shape index (κ3) is 2.71. The lowest BCUT2D eigenvalue weighted by atomic mass is 10.2. The van der Waals surface area contributed by atoms with E-state index in [-0.39, 0.29) is 0 Å². The van der Waals surface area contributed by atoms with Crippen molar-refractivity contribution in [3.8, 4) is 0 Å². The summed E-state index contributed by atoms with van der Waals surface area (Å²) < 4.78 is 0. The highest BCUT2D eigenvalue weighted by atomic mass is 32.1. The molecule has 1 aromatic heterocycles. The Bertz CT molecular complexity index is 519. The van der Waals surface area contributed by atoms with Crippen LogP contribution in [0.25, 0.3) is 0 Å². The second kappa shape index (κ2) is 5.10. The number of aryl methyl sites for hydroxylation is 1. The summed E-state index contributed by atoms with van der Waals surface area (Å²) in [5.74, 6) is -0.876. The highest BCUT2D eigenvalue weighted by molar-refractivity contribution is 7.13. The second-order valence-electron chi connectivity index (χ2n) is 3.70. The molecular weight excluding hydrogens is 234 g/mol. The van der Waals surface area contributed by atoms with E-state index in [2.05, 4.69) is 4.98 Å². The standard InChI is InChI=1S/C13H13NO2S/c1-2-10-12(13(15)16)17-11(14-10)8-9-6-4-3-5-7-9/h3-7H,2,8H2,1H3,(H,15,16). The van der Waals surface area contributed by atoms with E-state index in [1.54, 1.807) is 0 Å². The zero-order valence-corrected chi connectivity index (χ0v) is 10.3. The number of nitrogens with zero attached hydrogens (tertiary/aromatic N) is 1.